The molecule has 0 radical (unpaired) electrons. The molecule has 0 aromatic heterocycles. The predicted octanol–water partition coefficient (Wildman–Crippen LogP) is 1.39. The average molecular weight is 400 g/mol. The number of hydrogen-bond acceptors (Lipinski definition) is 5. The van der Waals surface area contributed by atoms with Gasteiger partial charge in [0.05, 0.1) is 6.61 Å². The molecule has 2 rings (SSSR count). The summed E-state index contributed by atoms with van der Waals surface area (Å²) in [6.45, 7) is 1.14. The largest absolute Gasteiger partial charge is 0.480 e. The molecule has 0 unspecified atom stereocenters. The van der Waals surface area contributed by atoms with E-state index >= 15 is 0 Å². The van der Waals surface area contributed by atoms with Gasteiger partial charge in [-0.25, -0.2) is 9.59 Å². The highest BCUT2D eigenvalue weighted by molar-refractivity contribution is 5.89. The van der Waals surface area contributed by atoms with E-state index in [1.165, 1.54) is 0 Å². The van der Waals surface area contributed by atoms with Crippen molar-refractivity contribution in [1.29, 1.82) is 0 Å². The fourth-order valence-electron chi connectivity index (χ4n) is 2.63. The summed E-state index contributed by atoms with van der Waals surface area (Å²) in [6.07, 6.45) is -0.821. The Balaban J connectivity index is 1.93. The zero-order valence-electron chi connectivity index (χ0n) is 16.0. The lowest BCUT2D eigenvalue weighted by Crippen LogP contribution is -2.53. The number of benzene rings is 2. The van der Waals surface area contributed by atoms with Crippen LogP contribution in [0.25, 0.3) is 0 Å². The smallest absolute Gasteiger partial charge is 0.408 e. The molecular formula is C21H24N2O6. The summed E-state index contributed by atoms with van der Waals surface area (Å²) in [6, 6.07) is 13.6. The number of hydrogen-bond donors (Lipinski definition) is 4. The van der Waals surface area contributed by atoms with Gasteiger partial charge in [0.15, 0.2) is 0 Å². The van der Waals surface area contributed by atoms with E-state index in [4.69, 9.17) is 4.74 Å². The van der Waals surface area contributed by atoms with Crippen LogP contribution in [0.15, 0.2) is 54.6 Å². The molecule has 0 fully saturated rings. The fourth-order valence-corrected chi connectivity index (χ4v) is 2.63. The van der Waals surface area contributed by atoms with E-state index in [9.17, 15) is 24.6 Å². The minimum absolute atomic E-state index is 0.00250. The van der Waals surface area contributed by atoms with Crippen molar-refractivity contribution in [2.24, 2.45) is 0 Å². The minimum atomic E-state index is -1.34. The van der Waals surface area contributed by atoms with Crippen molar-refractivity contribution in [3.8, 4) is 0 Å². The number of alkyl carbamates (subject to hydrolysis) is 1. The van der Waals surface area contributed by atoms with Gasteiger partial charge >= 0.3 is 12.1 Å². The Morgan fingerprint density at radius 2 is 1.62 bits per heavy atom. The molecule has 0 aliphatic rings. The zero-order chi connectivity index (χ0) is 21.2. The average Bonchev–Trinajstić information content (AvgIpc) is 2.72. The number of amides is 2. The Morgan fingerprint density at radius 3 is 2.24 bits per heavy atom. The van der Waals surface area contributed by atoms with E-state index in [0.29, 0.717) is 0 Å². The van der Waals surface area contributed by atoms with Crippen LogP contribution in [-0.2, 0) is 27.4 Å². The normalized spacial score (nSPS) is 12.5. The van der Waals surface area contributed by atoms with Crippen molar-refractivity contribution in [3.63, 3.8) is 0 Å². The molecule has 0 spiro atoms. The van der Waals surface area contributed by atoms with E-state index in [0.717, 1.165) is 16.7 Å². The summed E-state index contributed by atoms with van der Waals surface area (Å²) in [7, 11) is 0. The van der Waals surface area contributed by atoms with Gasteiger partial charge in [-0.05, 0) is 23.6 Å². The number of aliphatic carboxylic acids is 1. The van der Waals surface area contributed by atoms with Crippen LogP contribution in [0.2, 0.25) is 0 Å². The predicted molar refractivity (Wildman–Crippen MR) is 105 cm³/mol. The van der Waals surface area contributed by atoms with Crippen LogP contribution >= 0.6 is 0 Å². The first kappa shape index (κ1) is 21.9. The quantitative estimate of drug-likeness (QED) is 0.504. The Morgan fingerprint density at radius 1 is 0.966 bits per heavy atom. The first-order chi connectivity index (χ1) is 13.9. The number of nitrogens with one attached hydrogen (secondary N) is 2. The second-order valence-corrected chi connectivity index (χ2v) is 6.47. The van der Waals surface area contributed by atoms with E-state index in [-0.39, 0.29) is 13.0 Å². The molecule has 8 heteroatoms. The molecule has 29 heavy (non-hydrogen) atoms. The summed E-state index contributed by atoms with van der Waals surface area (Å²) in [5.41, 5.74) is 2.43. The first-order valence-electron chi connectivity index (χ1n) is 9.06. The standard InChI is InChI=1S/C21H24N2O6/c1-14-7-5-6-10-16(14)11-17(20(26)27)22-19(25)18(12-24)23-21(28)29-13-15-8-3-2-4-9-15/h2-10,17-18,24H,11-13H2,1H3,(H,22,25)(H,23,28)(H,26,27)/t17-,18+/m1/s1. The topological polar surface area (TPSA) is 125 Å². The second-order valence-electron chi connectivity index (χ2n) is 6.47. The molecule has 4 N–H and O–H groups in total. The van der Waals surface area contributed by atoms with Crippen LogP contribution < -0.4 is 10.6 Å². The summed E-state index contributed by atoms with van der Waals surface area (Å²) in [5.74, 6) is -2.03. The van der Waals surface area contributed by atoms with Crippen molar-refractivity contribution in [2.75, 3.05) is 6.61 Å². The maximum Gasteiger partial charge on any atom is 0.408 e. The molecular weight excluding hydrogens is 376 g/mol. The van der Waals surface area contributed by atoms with E-state index in [1.807, 2.05) is 25.1 Å². The summed E-state index contributed by atoms with van der Waals surface area (Å²) < 4.78 is 5.02. The lowest BCUT2D eigenvalue weighted by Gasteiger charge is -2.20. The van der Waals surface area contributed by atoms with Gasteiger partial charge in [0.25, 0.3) is 0 Å². The number of carbonyl (C=O) groups is 3. The molecule has 0 bridgehead atoms. The highest BCUT2D eigenvalue weighted by Crippen LogP contribution is 2.10. The van der Waals surface area contributed by atoms with Crippen LogP contribution in [0.5, 0.6) is 0 Å². The number of aryl methyl sites for hydroxylation is 1. The maximum atomic E-state index is 12.4. The molecule has 0 aliphatic heterocycles. The second kappa shape index (κ2) is 10.8. The van der Waals surface area contributed by atoms with Crippen molar-refractivity contribution < 1.29 is 29.3 Å². The maximum absolute atomic E-state index is 12.4. The molecule has 2 aromatic carbocycles. The molecule has 0 heterocycles. The van der Waals surface area contributed by atoms with E-state index < -0.39 is 36.7 Å². The Kier molecular flexibility index (Phi) is 8.17. The highest BCUT2D eigenvalue weighted by atomic mass is 16.5. The summed E-state index contributed by atoms with van der Waals surface area (Å²) in [5, 5.41) is 23.5. The van der Waals surface area contributed by atoms with Crippen LogP contribution in [0.1, 0.15) is 16.7 Å². The van der Waals surface area contributed by atoms with E-state index in [1.54, 1.807) is 36.4 Å². The SMILES string of the molecule is Cc1ccccc1C[C@@H](NC(=O)[C@H](CO)NC(=O)OCc1ccccc1)C(=O)O. The van der Waals surface area contributed by atoms with Crippen LogP contribution in [-0.4, -0.2) is 46.9 Å². The number of rotatable bonds is 9. The Labute approximate surface area is 168 Å². The lowest BCUT2D eigenvalue weighted by molar-refractivity contribution is -0.142. The molecule has 8 nitrogen and oxygen atoms in total. The third-order valence-corrected chi connectivity index (χ3v) is 4.30. The number of carbonyl (C=O) groups excluding carboxylic acids is 2. The van der Waals surface area contributed by atoms with Crippen LogP contribution in [0.4, 0.5) is 4.79 Å². The molecule has 2 aromatic rings. The molecule has 2 atom stereocenters. The fraction of sp³-hybridized carbons (Fsp3) is 0.286. The van der Waals surface area contributed by atoms with Crippen molar-refractivity contribution >= 4 is 18.0 Å². The van der Waals surface area contributed by atoms with Gasteiger partial charge in [0.2, 0.25) is 5.91 Å². The Hall–Kier alpha value is -3.39. The first-order valence-corrected chi connectivity index (χ1v) is 9.06. The number of aliphatic hydroxyl groups excluding tert-OH is 1. The molecule has 2 amide bonds. The van der Waals surface area contributed by atoms with E-state index in [2.05, 4.69) is 10.6 Å². The van der Waals surface area contributed by atoms with Crippen molar-refractivity contribution in [1.82, 2.24) is 10.6 Å². The van der Waals surface area contributed by atoms with Gasteiger partial charge in [-0.1, -0.05) is 54.6 Å². The molecule has 0 aliphatic carbocycles. The molecule has 154 valence electrons. The minimum Gasteiger partial charge on any atom is -0.480 e. The van der Waals surface area contributed by atoms with Crippen molar-refractivity contribution in [2.45, 2.75) is 32.0 Å². The summed E-state index contributed by atoms with van der Waals surface area (Å²) >= 11 is 0. The monoisotopic (exact) mass is 400 g/mol. The third kappa shape index (κ3) is 6.93. The number of aliphatic hydroxyl groups is 1. The van der Waals surface area contributed by atoms with Crippen LogP contribution in [0.3, 0.4) is 0 Å². The van der Waals surface area contributed by atoms with Gasteiger partial charge in [-0.2, -0.15) is 0 Å². The van der Waals surface area contributed by atoms with Gasteiger partial charge in [-0.3, -0.25) is 4.79 Å². The molecule has 0 saturated heterocycles. The highest BCUT2D eigenvalue weighted by Gasteiger charge is 2.27. The third-order valence-electron chi connectivity index (χ3n) is 4.30. The van der Waals surface area contributed by atoms with Gasteiger partial charge in [-0.15, -0.1) is 0 Å². The number of ether oxygens (including phenoxy) is 1. The number of carboxylic acid groups (broad SMARTS) is 1. The summed E-state index contributed by atoms with van der Waals surface area (Å²) in [4.78, 5) is 35.8. The number of carboxylic acids is 1. The van der Waals surface area contributed by atoms with Crippen molar-refractivity contribution in [3.05, 3.63) is 71.3 Å². The van der Waals surface area contributed by atoms with Gasteiger partial charge < -0.3 is 25.6 Å². The van der Waals surface area contributed by atoms with Crippen LogP contribution in [0, 0.1) is 6.92 Å². The Bertz CT molecular complexity index is 840. The van der Waals surface area contributed by atoms with Gasteiger partial charge in [0, 0.05) is 6.42 Å². The molecule has 0 saturated carbocycles. The lowest BCUT2D eigenvalue weighted by atomic mass is 10.0. The zero-order valence-corrected chi connectivity index (χ0v) is 16.0. The van der Waals surface area contributed by atoms with Gasteiger partial charge in [0.1, 0.15) is 18.7 Å².